The largest absolute Gasteiger partial charge is 0.493 e. The topological polar surface area (TPSA) is 56.3 Å². The molecule has 2 aromatic carbocycles. The lowest BCUT2D eigenvalue weighted by Crippen LogP contribution is -2.08. The molecule has 4 rings (SSSR count). The van der Waals surface area contributed by atoms with Gasteiger partial charge in [-0.3, -0.25) is 0 Å². The molecule has 172 valence electrons. The Balaban J connectivity index is 1.65. The van der Waals surface area contributed by atoms with Crippen molar-refractivity contribution in [1.82, 2.24) is 9.97 Å². The van der Waals surface area contributed by atoms with Crippen LogP contribution in [0.15, 0.2) is 48.5 Å². The first-order valence-corrected chi connectivity index (χ1v) is 11.0. The second-order valence-corrected chi connectivity index (χ2v) is 8.61. The lowest BCUT2D eigenvalue weighted by atomic mass is 10.1. The monoisotopic (exact) mass is 473 g/mol. The van der Waals surface area contributed by atoms with Gasteiger partial charge >= 0.3 is 6.18 Å². The van der Waals surface area contributed by atoms with Gasteiger partial charge in [-0.1, -0.05) is 12.1 Å². The Hall–Kier alpha value is -3.33. The van der Waals surface area contributed by atoms with Gasteiger partial charge in [-0.25, -0.2) is 9.97 Å². The number of rotatable bonds is 6. The molecule has 0 spiro atoms. The van der Waals surface area contributed by atoms with Crippen molar-refractivity contribution in [3.05, 3.63) is 64.8 Å². The first kappa shape index (κ1) is 22.8. The number of fused-ring (bicyclic) bond motifs is 1. The van der Waals surface area contributed by atoms with E-state index < -0.39 is 11.7 Å². The van der Waals surface area contributed by atoms with Crippen LogP contribution < -0.4 is 14.8 Å². The summed E-state index contributed by atoms with van der Waals surface area (Å²) in [5.41, 5.74) is 0.590. The average molecular weight is 474 g/mol. The Bertz CT molecular complexity index is 1300. The van der Waals surface area contributed by atoms with Crippen LogP contribution in [0.4, 0.5) is 19.0 Å². The van der Waals surface area contributed by atoms with Crippen molar-refractivity contribution >= 4 is 28.1 Å². The number of alkyl halides is 3. The molecule has 5 nitrogen and oxygen atoms in total. The summed E-state index contributed by atoms with van der Waals surface area (Å²) in [5, 5.41) is 4.19. The Morgan fingerprint density at radius 1 is 0.970 bits per heavy atom. The lowest BCUT2D eigenvalue weighted by molar-refractivity contribution is -0.137. The maximum absolute atomic E-state index is 13.1. The van der Waals surface area contributed by atoms with Crippen LogP contribution in [0.3, 0.4) is 0 Å². The second kappa shape index (κ2) is 8.90. The fourth-order valence-electron chi connectivity index (χ4n) is 3.55. The van der Waals surface area contributed by atoms with Crippen molar-refractivity contribution in [2.45, 2.75) is 26.1 Å². The molecule has 33 heavy (non-hydrogen) atoms. The van der Waals surface area contributed by atoms with Crippen molar-refractivity contribution in [3.63, 3.8) is 0 Å². The van der Waals surface area contributed by atoms with Gasteiger partial charge < -0.3 is 14.8 Å². The first-order valence-electron chi connectivity index (χ1n) is 10.1. The summed E-state index contributed by atoms with van der Waals surface area (Å²) in [4.78, 5) is 10.8. The summed E-state index contributed by atoms with van der Waals surface area (Å²) >= 11 is 1.44. The number of benzene rings is 2. The zero-order chi connectivity index (χ0) is 23.8. The van der Waals surface area contributed by atoms with Gasteiger partial charge in [0.2, 0.25) is 0 Å². The van der Waals surface area contributed by atoms with Crippen LogP contribution in [0, 0.1) is 6.92 Å². The van der Waals surface area contributed by atoms with Gasteiger partial charge in [0, 0.05) is 21.2 Å². The van der Waals surface area contributed by atoms with Crippen LogP contribution in [-0.2, 0) is 6.18 Å². The van der Waals surface area contributed by atoms with Gasteiger partial charge in [-0.15, -0.1) is 11.3 Å². The number of anilines is 1. The predicted molar refractivity (Wildman–Crippen MR) is 124 cm³/mol. The van der Waals surface area contributed by atoms with Crippen LogP contribution >= 0.6 is 11.3 Å². The van der Waals surface area contributed by atoms with Crippen LogP contribution in [0.5, 0.6) is 11.5 Å². The highest BCUT2D eigenvalue weighted by Crippen LogP contribution is 2.38. The number of methoxy groups -OCH3 is 2. The van der Waals surface area contributed by atoms with Crippen LogP contribution in [0.1, 0.15) is 29.2 Å². The summed E-state index contributed by atoms with van der Waals surface area (Å²) < 4.78 is 50.1. The number of aromatic nitrogens is 2. The van der Waals surface area contributed by atoms with Crippen LogP contribution in [-0.4, -0.2) is 24.2 Å². The normalized spacial score (nSPS) is 12.6. The quantitative estimate of drug-likeness (QED) is 0.331. The van der Waals surface area contributed by atoms with E-state index >= 15 is 0 Å². The maximum atomic E-state index is 13.1. The Morgan fingerprint density at radius 3 is 2.39 bits per heavy atom. The van der Waals surface area contributed by atoms with Gasteiger partial charge in [0.15, 0.2) is 11.5 Å². The average Bonchev–Trinajstić information content (AvgIpc) is 3.28. The molecule has 0 aliphatic heterocycles. The lowest BCUT2D eigenvalue weighted by Gasteiger charge is -2.16. The molecule has 2 heterocycles. The number of ether oxygens (including phenoxy) is 2. The third-order valence-corrected chi connectivity index (χ3v) is 6.51. The molecule has 0 saturated heterocycles. The number of thiophene rings is 1. The minimum absolute atomic E-state index is 0.139. The minimum Gasteiger partial charge on any atom is -0.493 e. The van der Waals surface area contributed by atoms with Gasteiger partial charge in [0.1, 0.15) is 11.6 Å². The molecule has 0 bridgehead atoms. The molecule has 0 aliphatic carbocycles. The van der Waals surface area contributed by atoms with Crippen molar-refractivity contribution in [3.8, 4) is 21.9 Å². The van der Waals surface area contributed by atoms with Crippen molar-refractivity contribution in [1.29, 1.82) is 0 Å². The van der Waals surface area contributed by atoms with E-state index in [-0.39, 0.29) is 6.04 Å². The van der Waals surface area contributed by atoms with E-state index in [0.29, 0.717) is 34.2 Å². The molecule has 2 aromatic heterocycles. The van der Waals surface area contributed by atoms with Gasteiger partial charge in [0.05, 0.1) is 31.3 Å². The number of nitrogens with zero attached hydrogens (tertiary/aromatic N) is 2. The second-order valence-electron chi connectivity index (χ2n) is 7.49. The molecule has 0 radical (unpaired) electrons. The van der Waals surface area contributed by atoms with E-state index in [1.165, 1.54) is 23.5 Å². The van der Waals surface area contributed by atoms with Gasteiger partial charge in [0.25, 0.3) is 0 Å². The molecule has 0 unspecified atom stereocenters. The van der Waals surface area contributed by atoms with Crippen molar-refractivity contribution < 1.29 is 22.6 Å². The Kier molecular flexibility index (Phi) is 6.16. The van der Waals surface area contributed by atoms with E-state index in [0.717, 1.165) is 21.2 Å². The predicted octanol–water partition coefficient (Wildman–Crippen LogP) is 6.88. The SMILES string of the molecule is COc1cc2nc(C)nc(N[C@@H](C)c3ccc(-c4cccc(C(F)(F)F)c4)s3)c2cc1OC. The van der Waals surface area contributed by atoms with E-state index in [1.807, 2.05) is 32.0 Å². The van der Waals surface area contributed by atoms with E-state index in [4.69, 9.17) is 9.47 Å². The molecular formula is C24H22F3N3O2S. The maximum Gasteiger partial charge on any atom is 0.416 e. The Morgan fingerprint density at radius 2 is 1.70 bits per heavy atom. The fraction of sp³-hybridized carbons (Fsp3) is 0.250. The van der Waals surface area contributed by atoms with Gasteiger partial charge in [-0.2, -0.15) is 13.2 Å². The first-order chi connectivity index (χ1) is 15.7. The molecule has 9 heteroatoms. The molecule has 4 aromatic rings. The number of hydrogen-bond donors (Lipinski definition) is 1. The molecule has 1 N–H and O–H groups in total. The van der Waals surface area contributed by atoms with Crippen molar-refractivity contribution in [2.24, 2.45) is 0 Å². The van der Waals surface area contributed by atoms with Crippen molar-refractivity contribution in [2.75, 3.05) is 19.5 Å². The highest BCUT2D eigenvalue weighted by molar-refractivity contribution is 7.15. The third-order valence-electron chi connectivity index (χ3n) is 5.19. The minimum atomic E-state index is -4.37. The zero-order valence-corrected chi connectivity index (χ0v) is 19.3. The standard InChI is InChI=1S/C24H22F3N3O2S/c1-13(21-8-9-22(33-21)15-6-5-7-16(10-15)24(25,26)27)28-23-17-11-19(31-3)20(32-4)12-18(17)29-14(2)30-23/h5-13H,1-4H3,(H,28,29,30)/t13-/m0/s1. The Labute approximate surface area is 193 Å². The van der Waals surface area contributed by atoms with E-state index in [9.17, 15) is 13.2 Å². The summed E-state index contributed by atoms with van der Waals surface area (Å²) in [6, 6.07) is 12.6. The smallest absolute Gasteiger partial charge is 0.416 e. The number of nitrogens with one attached hydrogen (secondary N) is 1. The summed E-state index contributed by atoms with van der Waals surface area (Å²) in [7, 11) is 3.13. The number of hydrogen-bond acceptors (Lipinski definition) is 6. The molecular weight excluding hydrogens is 451 g/mol. The number of aryl methyl sites for hydroxylation is 1. The molecule has 0 amide bonds. The molecule has 0 saturated carbocycles. The zero-order valence-electron chi connectivity index (χ0n) is 18.4. The third kappa shape index (κ3) is 4.73. The highest BCUT2D eigenvalue weighted by Gasteiger charge is 2.30. The van der Waals surface area contributed by atoms with E-state index in [2.05, 4.69) is 15.3 Å². The van der Waals surface area contributed by atoms with E-state index in [1.54, 1.807) is 26.4 Å². The summed E-state index contributed by atoms with van der Waals surface area (Å²) in [6.07, 6.45) is -4.37. The number of halogens is 3. The fourth-order valence-corrected chi connectivity index (χ4v) is 4.55. The summed E-state index contributed by atoms with van der Waals surface area (Å²) in [6.45, 7) is 3.79. The van der Waals surface area contributed by atoms with Gasteiger partial charge in [-0.05, 0) is 49.7 Å². The van der Waals surface area contributed by atoms with Crippen LogP contribution in [0.2, 0.25) is 0 Å². The molecule has 0 aliphatic rings. The highest BCUT2D eigenvalue weighted by atomic mass is 32.1. The summed E-state index contributed by atoms with van der Waals surface area (Å²) in [5.74, 6) is 2.38. The van der Waals surface area contributed by atoms with Crippen LogP contribution in [0.25, 0.3) is 21.3 Å². The molecule has 1 atom stereocenters. The molecule has 0 fully saturated rings.